The van der Waals surface area contributed by atoms with Gasteiger partial charge in [-0.25, -0.2) is 0 Å². The maximum Gasteiger partial charge on any atom is 0.255 e. The van der Waals surface area contributed by atoms with E-state index >= 15 is 0 Å². The second kappa shape index (κ2) is 7.56. The van der Waals surface area contributed by atoms with Crippen molar-refractivity contribution in [2.24, 2.45) is 0 Å². The van der Waals surface area contributed by atoms with Crippen LogP contribution in [0.4, 0.5) is 0 Å². The van der Waals surface area contributed by atoms with E-state index in [1.54, 1.807) is 4.90 Å². The lowest BCUT2D eigenvalue weighted by atomic mass is 9.88. The van der Waals surface area contributed by atoms with Crippen molar-refractivity contribution in [3.8, 4) is 0 Å². The van der Waals surface area contributed by atoms with Crippen molar-refractivity contribution in [2.45, 2.75) is 36.6 Å². The average Bonchev–Trinajstić information content (AvgIpc) is 2.67. The van der Waals surface area contributed by atoms with Gasteiger partial charge in [-0.15, -0.1) is 11.8 Å². The molecule has 0 aromatic heterocycles. The van der Waals surface area contributed by atoms with Gasteiger partial charge in [0.25, 0.3) is 5.91 Å². The Bertz CT molecular complexity index is 940. The molecule has 1 atom stereocenters. The largest absolute Gasteiger partial charge is 0.347 e. The van der Waals surface area contributed by atoms with Crippen LogP contribution in [0.5, 0.6) is 0 Å². The van der Waals surface area contributed by atoms with Crippen LogP contribution in [0.2, 0.25) is 0 Å². The van der Waals surface area contributed by atoms with E-state index in [1.165, 1.54) is 4.90 Å². The van der Waals surface area contributed by atoms with Gasteiger partial charge < -0.3 is 10.2 Å². The third-order valence-corrected chi connectivity index (χ3v) is 7.66. The maximum absolute atomic E-state index is 13.0. The summed E-state index contributed by atoms with van der Waals surface area (Å²) in [5.41, 5.74) is 2.46. The second-order valence-corrected chi connectivity index (χ2v) is 9.80. The standard InChI is InChI=1S/C22H23BrN2O2S/c1-14-6-5-8-17(19(14)23)21(27)25-12-22(2,13-25)24-20(26)16-10-11-28-18-9-4-3-7-15(16)18/h3-9,16H,10-13H2,1-2H3,(H,24,26). The summed E-state index contributed by atoms with van der Waals surface area (Å²) in [5, 5.41) is 3.21. The van der Waals surface area contributed by atoms with E-state index in [-0.39, 0.29) is 23.3 Å². The van der Waals surface area contributed by atoms with E-state index in [2.05, 4.69) is 33.4 Å². The smallest absolute Gasteiger partial charge is 0.255 e. The molecule has 1 saturated heterocycles. The van der Waals surface area contributed by atoms with Crippen molar-refractivity contribution in [1.29, 1.82) is 0 Å². The van der Waals surface area contributed by atoms with Crippen LogP contribution in [0, 0.1) is 6.92 Å². The van der Waals surface area contributed by atoms with E-state index < -0.39 is 0 Å². The summed E-state index contributed by atoms with van der Waals surface area (Å²) in [6.07, 6.45) is 0.850. The van der Waals surface area contributed by atoms with Gasteiger partial charge in [0.2, 0.25) is 5.91 Å². The van der Waals surface area contributed by atoms with Gasteiger partial charge in [0.15, 0.2) is 0 Å². The number of amides is 2. The first-order chi connectivity index (χ1) is 13.4. The van der Waals surface area contributed by atoms with Crippen molar-refractivity contribution in [3.63, 3.8) is 0 Å². The molecule has 2 amide bonds. The lowest BCUT2D eigenvalue weighted by Gasteiger charge is -2.49. The Morgan fingerprint density at radius 2 is 1.93 bits per heavy atom. The van der Waals surface area contributed by atoms with Gasteiger partial charge in [-0.2, -0.15) is 0 Å². The number of hydrogen-bond acceptors (Lipinski definition) is 3. The number of fused-ring (bicyclic) bond motifs is 1. The molecule has 2 aliphatic rings. The summed E-state index contributed by atoms with van der Waals surface area (Å²) in [4.78, 5) is 28.8. The van der Waals surface area contributed by atoms with Gasteiger partial charge in [-0.3, -0.25) is 9.59 Å². The fourth-order valence-corrected chi connectivity index (χ4v) is 5.56. The fraction of sp³-hybridized carbons (Fsp3) is 0.364. The molecular formula is C22H23BrN2O2S. The van der Waals surface area contributed by atoms with Gasteiger partial charge in [0.05, 0.1) is 17.0 Å². The van der Waals surface area contributed by atoms with Crippen LogP contribution >= 0.6 is 27.7 Å². The SMILES string of the molecule is Cc1cccc(C(=O)N2CC(C)(NC(=O)C3CCSc4ccccc43)C2)c1Br. The number of thioether (sulfide) groups is 1. The van der Waals surface area contributed by atoms with Crippen LogP contribution < -0.4 is 5.32 Å². The van der Waals surface area contributed by atoms with E-state index in [9.17, 15) is 9.59 Å². The summed E-state index contributed by atoms with van der Waals surface area (Å²) < 4.78 is 0.842. The highest BCUT2D eigenvalue weighted by molar-refractivity contribution is 9.10. The molecule has 2 aromatic carbocycles. The molecule has 4 rings (SSSR count). The third-order valence-electron chi connectivity index (χ3n) is 5.49. The number of nitrogens with zero attached hydrogens (tertiary/aromatic N) is 1. The van der Waals surface area contributed by atoms with Crippen LogP contribution in [-0.4, -0.2) is 41.1 Å². The summed E-state index contributed by atoms with van der Waals surface area (Å²) in [6, 6.07) is 13.9. The number of carbonyl (C=O) groups is 2. The Balaban J connectivity index is 1.42. The molecule has 146 valence electrons. The number of carbonyl (C=O) groups excluding carboxylic acids is 2. The van der Waals surface area contributed by atoms with Crippen molar-refractivity contribution < 1.29 is 9.59 Å². The first-order valence-corrected chi connectivity index (χ1v) is 11.2. The van der Waals surface area contributed by atoms with Gasteiger partial charge >= 0.3 is 0 Å². The van der Waals surface area contributed by atoms with E-state index in [0.717, 1.165) is 27.8 Å². The summed E-state index contributed by atoms with van der Waals surface area (Å²) in [6.45, 7) is 5.05. The molecule has 28 heavy (non-hydrogen) atoms. The van der Waals surface area contributed by atoms with Crippen LogP contribution in [0.15, 0.2) is 51.8 Å². The Labute approximate surface area is 178 Å². The Hall–Kier alpha value is -1.79. The van der Waals surface area contributed by atoms with E-state index in [4.69, 9.17) is 0 Å². The quantitative estimate of drug-likeness (QED) is 0.742. The Morgan fingerprint density at radius 1 is 1.18 bits per heavy atom. The monoisotopic (exact) mass is 458 g/mol. The minimum absolute atomic E-state index is 0.00158. The van der Waals surface area contributed by atoms with Crippen LogP contribution in [0.3, 0.4) is 0 Å². The molecule has 2 aliphatic heterocycles. The number of halogens is 1. The number of aryl methyl sites for hydroxylation is 1. The molecule has 0 saturated carbocycles. The molecular weight excluding hydrogens is 436 g/mol. The topological polar surface area (TPSA) is 49.4 Å². The third kappa shape index (κ3) is 3.60. The highest BCUT2D eigenvalue weighted by Crippen LogP contribution is 2.38. The minimum atomic E-state index is -0.372. The number of hydrogen-bond donors (Lipinski definition) is 1. The van der Waals surface area contributed by atoms with Gasteiger partial charge in [0.1, 0.15) is 0 Å². The first-order valence-electron chi connectivity index (χ1n) is 9.46. The lowest BCUT2D eigenvalue weighted by molar-refractivity contribution is -0.126. The van der Waals surface area contributed by atoms with E-state index in [1.807, 2.05) is 55.9 Å². The van der Waals surface area contributed by atoms with Crippen molar-refractivity contribution in [1.82, 2.24) is 10.2 Å². The predicted octanol–water partition coefficient (Wildman–Crippen LogP) is 4.37. The Morgan fingerprint density at radius 3 is 2.71 bits per heavy atom. The number of nitrogens with one attached hydrogen (secondary N) is 1. The number of benzene rings is 2. The van der Waals surface area contributed by atoms with Crippen LogP contribution in [0.1, 0.15) is 40.7 Å². The van der Waals surface area contributed by atoms with Crippen molar-refractivity contribution >= 4 is 39.5 Å². The normalized spacial score (nSPS) is 20.1. The maximum atomic E-state index is 13.0. The summed E-state index contributed by atoms with van der Waals surface area (Å²) >= 11 is 5.33. The molecule has 0 aliphatic carbocycles. The van der Waals surface area contributed by atoms with Crippen LogP contribution in [0.25, 0.3) is 0 Å². The first kappa shape index (κ1) is 19.5. The molecule has 0 bridgehead atoms. The Kier molecular flexibility index (Phi) is 5.27. The van der Waals surface area contributed by atoms with Crippen molar-refractivity contribution in [3.05, 3.63) is 63.6 Å². The lowest BCUT2D eigenvalue weighted by Crippen LogP contribution is -2.70. The molecule has 4 nitrogen and oxygen atoms in total. The number of rotatable bonds is 3. The molecule has 1 fully saturated rings. The van der Waals surface area contributed by atoms with Gasteiger partial charge in [0, 0.05) is 22.5 Å². The fourth-order valence-electron chi connectivity index (χ4n) is 4.00. The van der Waals surface area contributed by atoms with Crippen LogP contribution in [-0.2, 0) is 4.79 Å². The average molecular weight is 459 g/mol. The van der Waals surface area contributed by atoms with Crippen molar-refractivity contribution in [2.75, 3.05) is 18.8 Å². The molecule has 1 N–H and O–H groups in total. The zero-order chi connectivity index (χ0) is 19.9. The molecule has 2 heterocycles. The highest BCUT2D eigenvalue weighted by atomic mass is 79.9. The second-order valence-electron chi connectivity index (χ2n) is 7.88. The zero-order valence-electron chi connectivity index (χ0n) is 16.0. The summed E-state index contributed by atoms with van der Waals surface area (Å²) in [7, 11) is 0. The molecule has 0 radical (unpaired) electrons. The summed E-state index contributed by atoms with van der Waals surface area (Å²) in [5.74, 6) is 0.920. The predicted molar refractivity (Wildman–Crippen MR) is 116 cm³/mol. The molecule has 1 unspecified atom stereocenters. The van der Waals surface area contributed by atoms with Gasteiger partial charge in [-0.1, -0.05) is 30.3 Å². The molecule has 0 spiro atoms. The number of likely N-dealkylation sites (tertiary alicyclic amines) is 1. The highest BCUT2D eigenvalue weighted by Gasteiger charge is 2.44. The van der Waals surface area contributed by atoms with Gasteiger partial charge in [-0.05, 0) is 65.2 Å². The molecule has 6 heteroatoms. The zero-order valence-corrected chi connectivity index (χ0v) is 18.4. The molecule has 2 aromatic rings. The minimum Gasteiger partial charge on any atom is -0.347 e. The van der Waals surface area contributed by atoms with E-state index in [0.29, 0.717) is 18.7 Å².